The topological polar surface area (TPSA) is 109 Å². The van der Waals surface area contributed by atoms with Gasteiger partial charge in [0.25, 0.3) is 17.7 Å². The molecule has 1 aromatic heterocycles. The predicted molar refractivity (Wildman–Crippen MR) is 112 cm³/mol. The Morgan fingerprint density at radius 1 is 0.967 bits per heavy atom. The van der Waals surface area contributed by atoms with Gasteiger partial charge in [-0.3, -0.25) is 19.4 Å². The Bertz CT molecular complexity index is 1130. The third-order valence-corrected chi connectivity index (χ3v) is 4.47. The molecule has 1 unspecified atom stereocenters. The first kappa shape index (κ1) is 19.1. The second kappa shape index (κ2) is 8.04. The fourth-order valence-electron chi connectivity index (χ4n) is 2.93. The SMILES string of the molecule is CC1Oc2ccc(NC(=O)c3cccc(NC(=O)c4cccnc4)c3)cc2NC1=O. The van der Waals surface area contributed by atoms with E-state index in [2.05, 4.69) is 20.9 Å². The van der Waals surface area contributed by atoms with Crippen molar-refractivity contribution in [2.45, 2.75) is 13.0 Å². The highest BCUT2D eigenvalue weighted by molar-refractivity contribution is 6.07. The van der Waals surface area contributed by atoms with Crippen LogP contribution in [-0.2, 0) is 4.79 Å². The quantitative estimate of drug-likeness (QED) is 0.620. The van der Waals surface area contributed by atoms with Gasteiger partial charge >= 0.3 is 0 Å². The summed E-state index contributed by atoms with van der Waals surface area (Å²) in [6.07, 6.45) is 2.48. The third kappa shape index (κ3) is 4.12. The van der Waals surface area contributed by atoms with Gasteiger partial charge in [-0.2, -0.15) is 0 Å². The molecule has 2 heterocycles. The van der Waals surface area contributed by atoms with Crippen molar-refractivity contribution < 1.29 is 19.1 Å². The first-order valence-corrected chi connectivity index (χ1v) is 9.24. The minimum Gasteiger partial charge on any atom is -0.479 e. The lowest BCUT2D eigenvalue weighted by molar-refractivity contribution is -0.122. The van der Waals surface area contributed by atoms with Crippen LogP contribution in [0.2, 0.25) is 0 Å². The molecular formula is C22H18N4O4. The second-order valence-electron chi connectivity index (χ2n) is 6.69. The number of hydrogen-bond acceptors (Lipinski definition) is 5. The monoisotopic (exact) mass is 402 g/mol. The third-order valence-electron chi connectivity index (χ3n) is 4.47. The summed E-state index contributed by atoms with van der Waals surface area (Å²) >= 11 is 0. The fourth-order valence-corrected chi connectivity index (χ4v) is 2.93. The van der Waals surface area contributed by atoms with Crippen molar-refractivity contribution in [3.63, 3.8) is 0 Å². The second-order valence-corrected chi connectivity index (χ2v) is 6.69. The minimum absolute atomic E-state index is 0.247. The lowest BCUT2D eigenvalue weighted by Gasteiger charge is -2.23. The Labute approximate surface area is 172 Å². The highest BCUT2D eigenvalue weighted by Gasteiger charge is 2.23. The molecule has 8 heteroatoms. The van der Waals surface area contributed by atoms with Crippen LogP contribution in [0, 0.1) is 0 Å². The summed E-state index contributed by atoms with van der Waals surface area (Å²) in [4.78, 5) is 40.6. The molecular weight excluding hydrogens is 384 g/mol. The van der Waals surface area contributed by atoms with Crippen molar-refractivity contribution in [1.82, 2.24) is 4.98 Å². The number of carbonyl (C=O) groups is 3. The van der Waals surface area contributed by atoms with Crippen LogP contribution in [-0.4, -0.2) is 28.8 Å². The molecule has 30 heavy (non-hydrogen) atoms. The predicted octanol–water partition coefficient (Wildman–Crippen LogP) is 3.31. The van der Waals surface area contributed by atoms with Crippen molar-refractivity contribution in [3.8, 4) is 5.75 Å². The first-order chi connectivity index (χ1) is 14.5. The van der Waals surface area contributed by atoms with Gasteiger partial charge < -0.3 is 20.7 Å². The largest absolute Gasteiger partial charge is 0.479 e. The van der Waals surface area contributed by atoms with E-state index in [9.17, 15) is 14.4 Å². The standard InChI is InChI=1S/C22H18N4O4/c1-13-20(27)26-18-11-17(7-8-19(18)30-13)25-21(28)14-4-2-6-16(10-14)24-22(29)15-5-3-9-23-12-15/h2-13H,1H3,(H,24,29)(H,25,28)(H,26,27). The van der Waals surface area contributed by atoms with E-state index in [-0.39, 0.29) is 17.7 Å². The number of fused-ring (bicyclic) bond motifs is 1. The van der Waals surface area contributed by atoms with Gasteiger partial charge in [0.2, 0.25) is 0 Å². The van der Waals surface area contributed by atoms with Crippen LogP contribution in [0.25, 0.3) is 0 Å². The molecule has 1 atom stereocenters. The van der Waals surface area contributed by atoms with E-state index in [4.69, 9.17) is 4.74 Å². The maximum atomic E-state index is 12.7. The van der Waals surface area contributed by atoms with Gasteiger partial charge in [0.15, 0.2) is 6.10 Å². The summed E-state index contributed by atoms with van der Waals surface area (Å²) in [7, 11) is 0. The molecule has 0 aliphatic carbocycles. The molecule has 0 spiro atoms. The normalized spacial score (nSPS) is 14.7. The molecule has 0 fully saturated rings. The van der Waals surface area contributed by atoms with Crippen LogP contribution in [0.5, 0.6) is 5.75 Å². The molecule has 3 aromatic rings. The Morgan fingerprint density at radius 3 is 2.47 bits per heavy atom. The molecule has 2 aromatic carbocycles. The van der Waals surface area contributed by atoms with Crippen LogP contribution in [0.3, 0.4) is 0 Å². The van der Waals surface area contributed by atoms with Crippen LogP contribution in [0.15, 0.2) is 67.0 Å². The van der Waals surface area contributed by atoms with Crippen LogP contribution >= 0.6 is 0 Å². The van der Waals surface area contributed by atoms with E-state index < -0.39 is 6.10 Å². The zero-order valence-corrected chi connectivity index (χ0v) is 16.0. The number of pyridine rings is 1. The van der Waals surface area contributed by atoms with E-state index in [0.717, 1.165) is 0 Å². The fraction of sp³-hybridized carbons (Fsp3) is 0.0909. The summed E-state index contributed by atoms with van der Waals surface area (Å²) in [6, 6.07) is 14.9. The number of benzene rings is 2. The molecule has 0 saturated carbocycles. The van der Waals surface area contributed by atoms with Crippen molar-refractivity contribution >= 4 is 34.8 Å². The van der Waals surface area contributed by atoms with Gasteiger partial charge in [-0.05, 0) is 55.5 Å². The maximum absolute atomic E-state index is 12.7. The molecule has 0 radical (unpaired) electrons. The lowest BCUT2D eigenvalue weighted by atomic mass is 10.1. The zero-order chi connectivity index (χ0) is 21.1. The molecule has 1 aliphatic rings. The highest BCUT2D eigenvalue weighted by atomic mass is 16.5. The van der Waals surface area contributed by atoms with Gasteiger partial charge in [-0.1, -0.05) is 6.07 Å². The van der Waals surface area contributed by atoms with Gasteiger partial charge in [0.1, 0.15) is 5.75 Å². The number of ether oxygens (including phenoxy) is 1. The van der Waals surface area contributed by atoms with E-state index in [1.54, 1.807) is 67.7 Å². The first-order valence-electron chi connectivity index (χ1n) is 9.24. The number of nitrogens with zero attached hydrogens (tertiary/aromatic N) is 1. The van der Waals surface area contributed by atoms with Crippen molar-refractivity contribution in [2.75, 3.05) is 16.0 Å². The molecule has 0 saturated heterocycles. The summed E-state index contributed by atoms with van der Waals surface area (Å²) in [5.41, 5.74) is 2.26. The zero-order valence-electron chi connectivity index (χ0n) is 16.0. The molecule has 4 rings (SSSR count). The van der Waals surface area contributed by atoms with E-state index >= 15 is 0 Å². The summed E-state index contributed by atoms with van der Waals surface area (Å²) in [5.74, 6) is -0.382. The van der Waals surface area contributed by atoms with E-state index in [0.29, 0.717) is 33.9 Å². The Morgan fingerprint density at radius 2 is 1.70 bits per heavy atom. The van der Waals surface area contributed by atoms with Crippen LogP contribution < -0.4 is 20.7 Å². The van der Waals surface area contributed by atoms with Crippen molar-refractivity contribution in [1.29, 1.82) is 0 Å². The maximum Gasteiger partial charge on any atom is 0.265 e. The number of anilines is 3. The number of aromatic nitrogens is 1. The molecule has 0 bridgehead atoms. The summed E-state index contributed by atoms with van der Waals surface area (Å²) in [6.45, 7) is 1.66. The number of carbonyl (C=O) groups excluding carboxylic acids is 3. The van der Waals surface area contributed by atoms with Gasteiger partial charge in [0.05, 0.1) is 11.3 Å². The molecule has 8 nitrogen and oxygen atoms in total. The van der Waals surface area contributed by atoms with Crippen LogP contribution in [0.4, 0.5) is 17.1 Å². The average Bonchev–Trinajstić information content (AvgIpc) is 2.75. The van der Waals surface area contributed by atoms with Crippen molar-refractivity contribution in [2.24, 2.45) is 0 Å². The van der Waals surface area contributed by atoms with Gasteiger partial charge in [-0.25, -0.2) is 0 Å². The lowest BCUT2D eigenvalue weighted by Crippen LogP contribution is -2.34. The molecule has 3 amide bonds. The van der Waals surface area contributed by atoms with E-state index in [1.807, 2.05) is 0 Å². The summed E-state index contributed by atoms with van der Waals surface area (Å²) < 4.78 is 5.51. The van der Waals surface area contributed by atoms with Gasteiger partial charge in [0, 0.05) is 29.3 Å². The molecule has 3 N–H and O–H groups in total. The number of amides is 3. The number of rotatable bonds is 4. The Hall–Kier alpha value is -4.20. The molecule has 1 aliphatic heterocycles. The summed E-state index contributed by atoms with van der Waals surface area (Å²) in [5, 5.41) is 8.26. The highest BCUT2D eigenvalue weighted by Crippen LogP contribution is 2.32. The van der Waals surface area contributed by atoms with E-state index in [1.165, 1.54) is 6.20 Å². The smallest absolute Gasteiger partial charge is 0.265 e. The molecule has 150 valence electrons. The average molecular weight is 402 g/mol. The Kier molecular flexibility index (Phi) is 5.13. The van der Waals surface area contributed by atoms with Crippen molar-refractivity contribution in [3.05, 3.63) is 78.1 Å². The van der Waals surface area contributed by atoms with Crippen LogP contribution in [0.1, 0.15) is 27.6 Å². The number of nitrogens with one attached hydrogen (secondary N) is 3. The number of hydrogen-bond donors (Lipinski definition) is 3. The Balaban J connectivity index is 1.47. The van der Waals surface area contributed by atoms with Gasteiger partial charge in [-0.15, -0.1) is 0 Å². The minimum atomic E-state index is -0.567.